The molecule has 0 aliphatic rings. The smallest absolute Gasteiger partial charge is 0.160 e. The molecule has 0 aliphatic carbocycles. The lowest BCUT2D eigenvalue weighted by Crippen LogP contribution is -2.02. The van der Waals surface area contributed by atoms with E-state index in [1.54, 1.807) is 0 Å². The Morgan fingerprint density at radius 2 is 1.77 bits per heavy atom. The van der Waals surface area contributed by atoms with Crippen molar-refractivity contribution in [3.8, 4) is 0 Å². The van der Waals surface area contributed by atoms with Gasteiger partial charge >= 0.3 is 0 Å². The summed E-state index contributed by atoms with van der Waals surface area (Å²) in [7, 11) is 0. The molecule has 0 aliphatic heterocycles. The summed E-state index contributed by atoms with van der Waals surface area (Å²) in [6.45, 7) is 2.00. The monoisotopic (exact) mass is 404 g/mol. The molecule has 26 heavy (non-hydrogen) atoms. The lowest BCUT2D eigenvalue weighted by molar-refractivity contribution is 0.958. The average molecular weight is 405 g/mol. The third-order valence-corrected chi connectivity index (χ3v) is 4.68. The van der Waals surface area contributed by atoms with Gasteiger partial charge < -0.3 is 5.32 Å². The van der Waals surface area contributed by atoms with Gasteiger partial charge in [0.05, 0.1) is 5.69 Å². The summed E-state index contributed by atoms with van der Waals surface area (Å²) in [4.78, 5) is 4.26. The van der Waals surface area contributed by atoms with Crippen LogP contribution in [0.25, 0.3) is 10.8 Å². The van der Waals surface area contributed by atoms with Gasteiger partial charge in [0, 0.05) is 39.2 Å². The Balaban J connectivity index is 1.73. The maximum Gasteiger partial charge on any atom is 0.160 e. The first-order valence-corrected chi connectivity index (χ1v) is 9.17. The van der Waals surface area contributed by atoms with Gasteiger partial charge in [0.1, 0.15) is 0 Å². The van der Waals surface area contributed by atoms with Crippen LogP contribution in [0.5, 0.6) is 0 Å². The minimum Gasteiger partial charge on any atom is -0.338 e. The summed E-state index contributed by atoms with van der Waals surface area (Å²) in [5.74, 6) is 0.758. The van der Waals surface area contributed by atoms with Crippen molar-refractivity contribution in [2.24, 2.45) is 0 Å². The zero-order valence-electron chi connectivity index (χ0n) is 14.3. The number of benzene rings is 2. The van der Waals surface area contributed by atoms with Crippen molar-refractivity contribution in [1.29, 1.82) is 0 Å². The van der Waals surface area contributed by atoms with Crippen LogP contribution in [0.1, 0.15) is 17.0 Å². The van der Waals surface area contributed by atoms with Gasteiger partial charge in [-0.3, -0.25) is 4.98 Å². The highest BCUT2D eigenvalue weighted by Crippen LogP contribution is 2.27. The van der Waals surface area contributed by atoms with E-state index in [-0.39, 0.29) is 0 Å². The fourth-order valence-corrected chi connectivity index (χ4v) is 3.39. The predicted octanol–water partition coefficient (Wildman–Crippen LogP) is 5.43. The number of nitrogens with one attached hydrogen (secondary N) is 1. The van der Waals surface area contributed by atoms with E-state index in [0.29, 0.717) is 0 Å². The first-order valence-electron chi connectivity index (χ1n) is 8.37. The van der Waals surface area contributed by atoms with E-state index < -0.39 is 0 Å². The SMILES string of the molecule is Cc1cc(Cc2nnc(Nc3cccc(Br)c3)c3ccccc23)ccn1. The Morgan fingerprint density at radius 1 is 0.923 bits per heavy atom. The Hall–Kier alpha value is -2.79. The summed E-state index contributed by atoms with van der Waals surface area (Å²) >= 11 is 3.50. The minimum atomic E-state index is 0.730. The van der Waals surface area contributed by atoms with Gasteiger partial charge in [-0.1, -0.05) is 46.3 Å². The van der Waals surface area contributed by atoms with Gasteiger partial charge in [0.25, 0.3) is 0 Å². The Kier molecular flexibility index (Phi) is 4.63. The van der Waals surface area contributed by atoms with Crippen molar-refractivity contribution < 1.29 is 0 Å². The molecule has 0 radical (unpaired) electrons. The third-order valence-electron chi connectivity index (χ3n) is 4.18. The van der Waals surface area contributed by atoms with Crippen LogP contribution in [0.4, 0.5) is 11.5 Å². The highest BCUT2D eigenvalue weighted by Gasteiger charge is 2.10. The predicted molar refractivity (Wildman–Crippen MR) is 109 cm³/mol. The highest BCUT2D eigenvalue weighted by atomic mass is 79.9. The molecule has 0 bridgehead atoms. The second kappa shape index (κ2) is 7.22. The number of fused-ring (bicyclic) bond motifs is 1. The van der Waals surface area contributed by atoms with Crippen LogP contribution in [-0.2, 0) is 6.42 Å². The molecule has 5 heteroatoms. The summed E-state index contributed by atoms with van der Waals surface area (Å²) < 4.78 is 1.02. The maximum absolute atomic E-state index is 4.51. The molecule has 4 rings (SSSR count). The average Bonchev–Trinajstić information content (AvgIpc) is 2.64. The highest BCUT2D eigenvalue weighted by molar-refractivity contribution is 9.10. The Labute approximate surface area is 160 Å². The van der Waals surface area contributed by atoms with E-state index in [1.807, 2.05) is 55.6 Å². The largest absolute Gasteiger partial charge is 0.338 e. The van der Waals surface area contributed by atoms with E-state index in [9.17, 15) is 0 Å². The summed E-state index contributed by atoms with van der Waals surface area (Å²) in [5.41, 5.74) is 4.12. The Morgan fingerprint density at radius 3 is 2.58 bits per heavy atom. The number of aromatic nitrogens is 3. The van der Waals surface area contributed by atoms with E-state index in [1.165, 1.54) is 5.56 Å². The number of halogens is 1. The fraction of sp³-hybridized carbons (Fsp3) is 0.0952. The zero-order chi connectivity index (χ0) is 17.9. The van der Waals surface area contributed by atoms with E-state index >= 15 is 0 Å². The number of anilines is 2. The van der Waals surface area contributed by atoms with Crippen LogP contribution in [-0.4, -0.2) is 15.2 Å². The van der Waals surface area contributed by atoms with Crippen molar-refractivity contribution >= 4 is 38.2 Å². The molecule has 1 N–H and O–H groups in total. The first-order chi connectivity index (χ1) is 12.7. The standard InChI is InChI=1S/C21H17BrN4/c1-14-11-15(9-10-23-14)12-20-18-7-2-3-8-19(18)21(26-25-20)24-17-6-4-5-16(22)13-17/h2-11,13H,12H2,1H3,(H,24,26). The van der Waals surface area contributed by atoms with Crippen LogP contribution in [0.2, 0.25) is 0 Å². The molecule has 0 spiro atoms. The van der Waals surface area contributed by atoms with Gasteiger partial charge in [-0.25, -0.2) is 0 Å². The quantitative estimate of drug-likeness (QED) is 0.492. The molecule has 0 saturated carbocycles. The number of nitrogens with zero attached hydrogens (tertiary/aromatic N) is 3. The second-order valence-corrected chi connectivity index (χ2v) is 7.07. The van der Waals surface area contributed by atoms with Crippen molar-refractivity contribution in [3.05, 3.63) is 88.3 Å². The molecular weight excluding hydrogens is 388 g/mol. The molecule has 2 aromatic heterocycles. The topological polar surface area (TPSA) is 50.7 Å². The molecule has 2 aromatic carbocycles. The van der Waals surface area contributed by atoms with E-state index in [0.717, 1.165) is 44.6 Å². The molecule has 2 heterocycles. The zero-order valence-corrected chi connectivity index (χ0v) is 15.9. The molecule has 128 valence electrons. The van der Waals surface area contributed by atoms with Crippen LogP contribution in [0.15, 0.2) is 71.3 Å². The number of hydrogen-bond donors (Lipinski definition) is 1. The molecule has 0 atom stereocenters. The van der Waals surface area contributed by atoms with Crippen molar-refractivity contribution in [2.45, 2.75) is 13.3 Å². The lowest BCUT2D eigenvalue weighted by Gasteiger charge is -2.11. The molecular formula is C21H17BrN4. The maximum atomic E-state index is 4.51. The van der Waals surface area contributed by atoms with Crippen molar-refractivity contribution in [1.82, 2.24) is 15.2 Å². The van der Waals surface area contributed by atoms with E-state index in [2.05, 4.69) is 54.6 Å². The van der Waals surface area contributed by atoms with Gasteiger partial charge in [-0.2, -0.15) is 5.10 Å². The minimum absolute atomic E-state index is 0.730. The number of hydrogen-bond acceptors (Lipinski definition) is 4. The Bertz CT molecular complexity index is 992. The summed E-state index contributed by atoms with van der Waals surface area (Å²) in [6.07, 6.45) is 2.57. The van der Waals surface area contributed by atoms with Crippen LogP contribution >= 0.6 is 15.9 Å². The number of aryl methyl sites for hydroxylation is 1. The molecule has 4 aromatic rings. The van der Waals surface area contributed by atoms with Gasteiger partial charge in [0.2, 0.25) is 0 Å². The van der Waals surface area contributed by atoms with Gasteiger partial charge in [-0.05, 0) is 42.8 Å². The molecule has 0 unspecified atom stereocenters. The number of pyridine rings is 1. The molecule has 0 amide bonds. The molecule has 0 saturated heterocycles. The van der Waals surface area contributed by atoms with E-state index in [4.69, 9.17) is 0 Å². The second-order valence-electron chi connectivity index (χ2n) is 6.16. The lowest BCUT2D eigenvalue weighted by atomic mass is 10.0. The third kappa shape index (κ3) is 3.58. The van der Waals surface area contributed by atoms with Crippen LogP contribution < -0.4 is 5.32 Å². The normalized spacial score (nSPS) is 10.8. The number of rotatable bonds is 4. The molecule has 4 nitrogen and oxygen atoms in total. The van der Waals surface area contributed by atoms with Gasteiger partial charge in [-0.15, -0.1) is 5.10 Å². The van der Waals surface area contributed by atoms with Crippen molar-refractivity contribution in [2.75, 3.05) is 5.32 Å². The first kappa shape index (κ1) is 16.7. The van der Waals surface area contributed by atoms with Crippen LogP contribution in [0, 0.1) is 6.92 Å². The summed E-state index contributed by atoms with van der Waals surface area (Å²) in [5, 5.41) is 14.5. The molecule has 0 fully saturated rings. The van der Waals surface area contributed by atoms with Crippen LogP contribution in [0.3, 0.4) is 0 Å². The summed E-state index contributed by atoms with van der Waals surface area (Å²) in [6, 6.07) is 20.4. The van der Waals surface area contributed by atoms with Gasteiger partial charge in [0.15, 0.2) is 5.82 Å². The fourth-order valence-electron chi connectivity index (χ4n) is 2.99. The van der Waals surface area contributed by atoms with Crippen molar-refractivity contribution in [3.63, 3.8) is 0 Å².